The van der Waals surface area contributed by atoms with Gasteiger partial charge in [0.15, 0.2) is 0 Å². The monoisotopic (exact) mass is 201 g/mol. The average Bonchev–Trinajstić information content (AvgIpc) is 1.88. The van der Waals surface area contributed by atoms with Gasteiger partial charge in [0, 0.05) is 0 Å². The Morgan fingerprint density at radius 1 is 1.60 bits per heavy atom. The number of aromatic nitrogens is 1. The molecule has 0 fully saturated rings. The smallest absolute Gasteiger partial charge is 0.124 e. The summed E-state index contributed by atoms with van der Waals surface area (Å²) in [4.78, 5) is 4.23. The van der Waals surface area contributed by atoms with E-state index in [-0.39, 0.29) is 6.04 Å². The number of nitrogens with zero attached hydrogens (tertiary/aromatic N) is 1. The highest BCUT2D eigenvalue weighted by atomic mass is 79.9. The van der Waals surface area contributed by atoms with E-state index < -0.39 is 0 Å². The van der Waals surface area contributed by atoms with Crippen LogP contribution in [0.1, 0.15) is 18.7 Å². The predicted molar refractivity (Wildman–Crippen MR) is 43.2 cm³/mol. The normalized spacial score (nSPS) is 13.1. The van der Waals surface area contributed by atoms with Gasteiger partial charge < -0.3 is 5.73 Å². The third-order valence-corrected chi connectivity index (χ3v) is 1.68. The molecule has 1 atom stereocenters. The van der Waals surface area contributed by atoms with Crippen molar-refractivity contribution in [2.24, 2.45) is 0 Å². The molecule has 10 heavy (non-hydrogen) atoms. The van der Waals surface area contributed by atoms with Gasteiger partial charge >= 0.3 is 0 Å². The first-order valence-corrected chi connectivity index (χ1v) is 3.95. The summed E-state index contributed by atoms with van der Waals surface area (Å²) in [5, 5.41) is 0. The van der Waals surface area contributed by atoms with Crippen LogP contribution in [0.2, 0.25) is 0 Å². The Hall–Kier alpha value is -0.410. The first-order valence-electron chi connectivity index (χ1n) is 3.15. The van der Waals surface area contributed by atoms with Crippen LogP contribution in [0, 0.1) is 0 Å². The topological polar surface area (TPSA) is 40.5 Å². The zero-order valence-corrected chi connectivity index (χ0v) is 7.43. The summed E-state index contributed by atoms with van der Waals surface area (Å²) < 4.78 is 0.875. The molecule has 54 valence electrons. The molecule has 1 aromatic rings. The van der Waals surface area contributed by atoms with Crippen molar-refractivity contribution < 1.29 is 5.73 Å². The molecule has 3 heteroatoms. The third kappa shape index (κ3) is 1.78. The van der Waals surface area contributed by atoms with E-state index in [4.69, 9.17) is 0 Å². The Bertz CT molecular complexity index is 223. The van der Waals surface area contributed by atoms with Crippen LogP contribution in [0.4, 0.5) is 0 Å². The summed E-state index contributed by atoms with van der Waals surface area (Å²) in [5.74, 6) is 0. The summed E-state index contributed by atoms with van der Waals surface area (Å²) in [6.45, 7) is 2.02. The van der Waals surface area contributed by atoms with Gasteiger partial charge in [0.25, 0.3) is 0 Å². The van der Waals surface area contributed by atoms with E-state index in [1.165, 1.54) is 0 Å². The lowest BCUT2D eigenvalue weighted by molar-refractivity contribution is -0.421. The highest BCUT2D eigenvalue weighted by Crippen LogP contribution is 2.09. The number of halogens is 1. The second kappa shape index (κ2) is 3.12. The zero-order valence-electron chi connectivity index (χ0n) is 5.84. The number of hydrogen-bond donors (Lipinski definition) is 1. The minimum atomic E-state index is 0.262. The van der Waals surface area contributed by atoms with E-state index in [2.05, 4.69) is 26.6 Å². The van der Waals surface area contributed by atoms with E-state index in [9.17, 15) is 0 Å². The summed E-state index contributed by atoms with van der Waals surface area (Å²) in [6.07, 6.45) is 0. The lowest BCUT2D eigenvalue weighted by Gasteiger charge is -1.99. The van der Waals surface area contributed by atoms with Crippen molar-refractivity contribution in [2.75, 3.05) is 0 Å². The van der Waals surface area contributed by atoms with Crippen molar-refractivity contribution in [1.29, 1.82) is 0 Å². The minimum absolute atomic E-state index is 0.262. The molecule has 0 spiro atoms. The van der Waals surface area contributed by atoms with Crippen molar-refractivity contribution in [3.05, 3.63) is 28.5 Å². The van der Waals surface area contributed by atoms with Crippen LogP contribution in [0.25, 0.3) is 0 Å². The van der Waals surface area contributed by atoms with Crippen LogP contribution in [0.15, 0.2) is 22.8 Å². The van der Waals surface area contributed by atoms with Gasteiger partial charge in [-0.3, -0.25) is 0 Å². The lowest BCUT2D eigenvalue weighted by atomic mass is 10.2. The van der Waals surface area contributed by atoms with Crippen LogP contribution in [-0.4, -0.2) is 4.98 Å². The summed E-state index contributed by atoms with van der Waals surface area (Å²) >= 11 is 3.29. The van der Waals surface area contributed by atoms with Crippen molar-refractivity contribution in [3.8, 4) is 0 Å². The van der Waals surface area contributed by atoms with Crippen LogP contribution in [0.3, 0.4) is 0 Å². The summed E-state index contributed by atoms with van der Waals surface area (Å²) in [7, 11) is 0. The van der Waals surface area contributed by atoms with E-state index >= 15 is 0 Å². The van der Waals surface area contributed by atoms with Gasteiger partial charge in [0.05, 0.1) is 5.69 Å². The second-order valence-electron chi connectivity index (χ2n) is 2.29. The van der Waals surface area contributed by atoms with Gasteiger partial charge in [-0.05, 0) is 35.0 Å². The fourth-order valence-corrected chi connectivity index (χ4v) is 1.06. The average molecular weight is 202 g/mol. The Balaban J connectivity index is 2.96. The first kappa shape index (κ1) is 7.69. The number of hydrogen-bond acceptors (Lipinski definition) is 1. The zero-order chi connectivity index (χ0) is 7.56. The van der Waals surface area contributed by atoms with Gasteiger partial charge in [-0.1, -0.05) is 6.07 Å². The third-order valence-electron chi connectivity index (χ3n) is 1.24. The van der Waals surface area contributed by atoms with Crippen LogP contribution in [-0.2, 0) is 0 Å². The molecule has 0 aromatic carbocycles. The fourth-order valence-electron chi connectivity index (χ4n) is 0.698. The van der Waals surface area contributed by atoms with E-state index in [1.807, 2.05) is 25.1 Å². The Morgan fingerprint density at radius 2 is 2.30 bits per heavy atom. The first-order chi connectivity index (χ1) is 4.70. The molecule has 3 N–H and O–H groups in total. The molecule has 0 aliphatic rings. The highest BCUT2D eigenvalue weighted by molar-refractivity contribution is 9.10. The number of pyridine rings is 1. The molecule has 0 saturated heterocycles. The molecule has 0 saturated carbocycles. The van der Waals surface area contributed by atoms with Crippen LogP contribution >= 0.6 is 15.9 Å². The van der Waals surface area contributed by atoms with E-state index in [0.717, 1.165) is 10.3 Å². The van der Waals surface area contributed by atoms with Crippen LogP contribution in [0.5, 0.6) is 0 Å². The maximum atomic E-state index is 4.23. The van der Waals surface area contributed by atoms with Crippen molar-refractivity contribution >= 4 is 15.9 Å². The van der Waals surface area contributed by atoms with Gasteiger partial charge in [-0.2, -0.15) is 0 Å². The standard InChI is InChI=1S/C7H9BrN2/c1-5(9)6-3-2-4-7(8)10-6/h2-5H,9H2,1H3/p+1. The number of rotatable bonds is 1. The van der Waals surface area contributed by atoms with Gasteiger partial charge in [0.2, 0.25) is 0 Å². The van der Waals surface area contributed by atoms with Crippen LogP contribution < -0.4 is 5.73 Å². The Morgan fingerprint density at radius 3 is 2.70 bits per heavy atom. The molecule has 0 aliphatic heterocycles. The van der Waals surface area contributed by atoms with Gasteiger partial charge in [0.1, 0.15) is 10.6 Å². The second-order valence-corrected chi connectivity index (χ2v) is 3.10. The van der Waals surface area contributed by atoms with E-state index in [1.54, 1.807) is 0 Å². The molecule has 1 unspecified atom stereocenters. The lowest BCUT2D eigenvalue weighted by Crippen LogP contribution is -2.52. The summed E-state index contributed by atoms with van der Waals surface area (Å²) in [6, 6.07) is 6.11. The molecular weight excluding hydrogens is 192 g/mol. The molecule has 1 rings (SSSR count). The molecule has 1 heterocycles. The predicted octanol–water partition coefficient (Wildman–Crippen LogP) is 1.15. The van der Waals surface area contributed by atoms with Crippen molar-refractivity contribution in [1.82, 2.24) is 4.98 Å². The Labute approximate surface area is 68.6 Å². The SMILES string of the molecule is CC([NH3+])c1cccc(Br)n1. The Kier molecular flexibility index (Phi) is 2.40. The molecule has 0 aliphatic carbocycles. The fraction of sp³-hybridized carbons (Fsp3) is 0.286. The molecule has 0 amide bonds. The maximum absolute atomic E-state index is 4.23. The molecule has 0 radical (unpaired) electrons. The maximum Gasteiger partial charge on any atom is 0.124 e. The highest BCUT2D eigenvalue weighted by Gasteiger charge is 2.02. The summed E-state index contributed by atoms with van der Waals surface area (Å²) in [5.41, 5.74) is 4.89. The number of quaternary nitrogens is 1. The molecule has 2 nitrogen and oxygen atoms in total. The molecule has 0 bridgehead atoms. The minimum Gasteiger partial charge on any atom is -0.350 e. The van der Waals surface area contributed by atoms with Crippen molar-refractivity contribution in [3.63, 3.8) is 0 Å². The van der Waals surface area contributed by atoms with E-state index in [0.29, 0.717) is 0 Å². The quantitative estimate of drug-likeness (QED) is 0.681. The van der Waals surface area contributed by atoms with Crippen molar-refractivity contribution in [2.45, 2.75) is 13.0 Å². The largest absolute Gasteiger partial charge is 0.350 e. The van der Waals surface area contributed by atoms with Gasteiger partial charge in [-0.25, -0.2) is 4.98 Å². The van der Waals surface area contributed by atoms with Gasteiger partial charge in [-0.15, -0.1) is 0 Å². The molecule has 1 aromatic heterocycles. The molecular formula is C7H10BrN2+.